The van der Waals surface area contributed by atoms with Gasteiger partial charge < -0.3 is 9.84 Å². The van der Waals surface area contributed by atoms with Gasteiger partial charge in [0.25, 0.3) is 0 Å². The third kappa shape index (κ3) is 3.79. The zero-order valence-electron chi connectivity index (χ0n) is 10.8. The second-order valence-electron chi connectivity index (χ2n) is 4.24. The van der Waals surface area contributed by atoms with Crippen LogP contribution in [0.25, 0.3) is 0 Å². The minimum atomic E-state index is -0.844. The van der Waals surface area contributed by atoms with Crippen LogP contribution in [0, 0.1) is 13.8 Å². The standard InChI is InChI=1S/C14H15NO3S/c1-9-13(15-10(2)19-9)8-18-12-5-3-4-11(6-12)7-14(16)17/h3-6H,7-8H2,1-2H3,(H,16,17). The van der Waals surface area contributed by atoms with Gasteiger partial charge in [-0.3, -0.25) is 4.79 Å². The third-order valence-electron chi connectivity index (χ3n) is 2.63. The first-order valence-electron chi connectivity index (χ1n) is 5.91. The van der Waals surface area contributed by atoms with Crippen LogP contribution in [0.4, 0.5) is 0 Å². The molecule has 0 amide bonds. The lowest BCUT2D eigenvalue weighted by molar-refractivity contribution is -0.136. The molecule has 4 nitrogen and oxygen atoms in total. The molecule has 0 unspecified atom stereocenters. The third-order valence-corrected chi connectivity index (χ3v) is 3.56. The van der Waals surface area contributed by atoms with E-state index < -0.39 is 5.97 Å². The first-order chi connectivity index (χ1) is 9.04. The predicted molar refractivity (Wildman–Crippen MR) is 73.7 cm³/mol. The van der Waals surface area contributed by atoms with E-state index in [2.05, 4.69) is 4.98 Å². The second kappa shape index (κ2) is 5.84. The van der Waals surface area contributed by atoms with Gasteiger partial charge in [-0.1, -0.05) is 12.1 Å². The van der Waals surface area contributed by atoms with Crippen molar-refractivity contribution in [3.63, 3.8) is 0 Å². The summed E-state index contributed by atoms with van der Waals surface area (Å²) in [4.78, 5) is 16.2. The molecule has 0 aliphatic carbocycles. The Morgan fingerprint density at radius 3 is 2.84 bits per heavy atom. The van der Waals surface area contributed by atoms with Gasteiger partial charge in [0, 0.05) is 4.88 Å². The SMILES string of the molecule is Cc1nc(COc2cccc(CC(=O)O)c2)c(C)s1. The highest BCUT2D eigenvalue weighted by Gasteiger charge is 2.06. The summed E-state index contributed by atoms with van der Waals surface area (Å²) >= 11 is 1.65. The number of thiazole rings is 1. The number of aromatic nitrogens is 1. The van der Waals surface area contributed by atoms with Gasteiger partial charge in [0.05, 0.1) is 17.1 Å². The van der Waals surface area contributed by atoms with Gasteiger partial charge >= 0.3 is 5.97 Å². The fourth-order valence-corrected chi connectivity index (χ4v) is 2.60. The Labute approximate surface area is 115 Å². The highest BCUT2D eigenvalue weighted by molar-refractivity contribution is 7.11. The number of hydrogen-bond donors (Lipinski definition) is 1. The van der Waals surface area contributed by atoms with E-state index in [1.54, 1.807) is 29.5 Å². The lowest BCUT2D eigenvalue weighted by Gasteiger charge is -2.06. The Morgan fingerprint density at radius 1 is 1.42 bits per heavy atom. The molecule has 0 fully saturated rings. The maximum atomic E-state index is 10.7. The van der Waals surface area contributed by atoms with Crippen LogP contribution in [-0.2, 0) is 17.8 Å². The van der Waals surface area contributed by atoms with Crippen molar-refractivity contribution in [3.05, 3.63) is 45.4 Å². The van der Waals surface area contributed by atoms with Crippen molar-refractivity contribution >= 4 is 17.3 Å². The van der Waals surface area contributed by atoms with Crippen molar-refractivity contribution in [3.8, 4) is 5.75 Å². The largest absolute Gasteiger partial charge is 0.487 e. The van der Waals surface area contributed by atoms with E-state index in [4.69, 9.17) is 9.84 Å². The Hall–Kier alpha value is -1.88. The number of nitrogens with zero attached hydrogens (tertiary/aromatic N) is 1. The van der Waals surface area contributed by atoms with E-state index in [0.29, 0.717) is 12.4 Å². The average molecular weight is 277 g/mol. The molecule has 0 saturated carbocycles. The number of hydrogen-bond acceptors (Lipinski definition) is 4. The number of carboxylic acid groups (broad SMARTS) is 1. The van der Waals surface area contributed by atoms with Crippen molar-refractivity contribution in [2.45, 2.75) is 26.9 Å². The van der Waals surface area contributed by atoms with Gasteiger partial charge in [0.1, 0.15) is 12.4 Å². The lowest BCUT2D eigenvalue weighted by atomic mass is 10.1. The first kappa shape index (κ1) is 13.5. The molecule has 1 aromatic heterocycles. The van der Waals surface area contributed by atoms with Crippen LogP contribution < -0.4 is 4.74 Å². The van der Waals surface area contributed by atoms with Crippen LogP contribution >= 0.6 is 11.3 Å². The van der Waals surface area contributed by atoms with E-state index in [-0.39, 0.29) is 6.42 Å². The molecule has 19 heavy (non-hydrogen) atoms. The molecule has 2 aromatic rings. The van der Waals surface area contributed by atoms with Gasteiger partial charge in [0.15, 0.2) is 0 Å². The maximum absolute atomic E-state index is 10.7. The van der Waals surface area contributed by atoms with Crippen LogP contribution in [0.3, 0.4) is 0 Å². The minimum Gasteiger partial charge on any atom is -0.487 e. The number of aryl methyl sites for hydroxylation is 2. The molecule has 0 aliphatic rings. The Morgan fingerprint density at radius 2 is 2.21 bits per heavy atom. The van der Waals surface area contributed by atoms with Gasteiger partial charge in [-0.25, -0.2) is 4.98 Å². The number of rotatable bonds is 5. The summed E-state index contributed by atoms with van der Waals surface area (Å²) in [7, 11) is 0. The number of ether oxygens (including phenoxy) is 1. The zero-order chi connectivity index (χ0) is 13.8. The van der Waals surface area contributed by atoms with Gasteiger partial charge in [-0.05, 0) is 31.5 Å². The number of carboxylic acids is 1. The van der Waals surface area contributed by atoms with Crippen LogP contribution in [0.5, 0.6) is 5.75 Å². The fourth-order valence-electron chi connectivity index (χ4n) is 1.78. The Kier molecular flexibility index (Phi) is 4.16. The predicted octanol–water partition coefficient (Wildman–Crippen LogP) is 2.97. The van der Waals surface area contributed by atoms with Crippen LogP contribution in [0.15, 0.2) is 24.3 Å². The van der Waals surface area contributed by atoms with E-state index >= 15 is 0 Å². The van der Waals surface area contributed by atoms with Crippen LogP contribution in [-0.4, -0.2) is 16.1 Å². The monoisotopic (exact) mass is 277 g/mol. The molecule has 0 atom stereocenters. The maximum Gasteiger partial charge on any atom is 0.307 e. The van der Waals surface area contributed by atoms with Crippen LogP contribution in [0.2, 0.25) is 0 Å². The van der Waals surface area contributed by atoms with E-state index in [0.717, 1.165) is 21.1 Å². The minimum absolute atomic E-state index is 0.00599. The molecule has 1 N–H and O–H groups in total. The van der Waals surface area contributed by atoms with Crippen molar-refractivity contribution < 1.29 is 14.6 Å². The van der Waals surface area contributed by atoms with Gasteiger partial charge in [-0.15, -0.1) is 11.3 Å². The lowest BCUT2D eigenvalue weighted by Crippen LogP contribution is -2.01. The van der Waals surface area contributed by atoms with Crippen LogP contribution in [0.1, 0.15) is 21.1 Å². The van der Waals surface area contributed by atoms with Crippen molar-refractivity contribution in [2.75, 3.05) is 0 Å². The number of carbonyl (C=O) groups is 1. The molecule has 0 aliphatic heterocycles. The normalized spacial score (nSPS) is 10.4. The summed E-state index contributed by atoms with van der Waals surface area (Å²) < 4.78 is 5.66. The summed E-state index contributed by atoms with van der Waals surface area (Å²) in [6, 6.07) is 7.15. The summed E-state index contributed by atoms with van der Waals surface area (Å²) in [6.07, 6.45) is 0.00599. The second-order valence-corrected chi connectivity index (χ2v) is 5.65. The number of benzene rings is 1. The molecule has 1 aromatic carbocycles. The highest BCUT2D eigenvalue weighted by Crippen LogP contribution is 2.20. The highest BCUT2D eigenvalue weighted by atomic mass is 32.1. The van der Waals surface area contributed by atoms with Crippen molar-refractivity contribution in [2.24, 2.45) is 0 Å². The van der Waals surface area contributed by atoms with E-state index in [1.807, 2.05) is 19.9 Å². The molecule has 5 heteroatoms. The molecular formula is C14H15NO3S. The topological polar surface area (TPSA) is 59.4 Å². The summed E-state index contributed by atoms with van der Waals surface area (Å²) in [5.74, 6) is -0.174. The summed E-state index contributed by atoms with van der Waals surface area (Å²) in [5.41, 5.74) is 1.67. The van der Waals surface area contributed by atoms with Crippen molar-refractivity contribution in [1.29, 1.82) is 0 Å². The van der Waals surface area contributed by atoms with E-state index in [9.17, 15) is 4.79 Å². The summed E-state index contributed by atoms with van der Waals surface area (Å²) in [5, 5.41) is 9.78. The van der Waals surface area contributed by atoms with E-state index in [1.165, 1.54) is 0 Å². The average Bonchev–Trinajstić information content (AvgIpc) is 2.65. The molecular weight excluding hydrogens is 262 g/mol. The van der Waals surface area contributed by atoms with Crippen molar-refractivity contribution in [1.82, 2.24) is 4.98 Å². The molecule has 0 bridgehead atoms. The Balaban J connectivity index is 2.03. The Bertz CT molecular complexity index is 592. The van der Waals surface area contributed by atoms with Gasteiger partial charge in [0.2, 0.25) is 0 Å². The zero-order valence-corrected chi connectivity index (χ0v) is 11.7. The smallest absolute Gasteiger partial charge is 0.307 e. The molecule has 100 valence electrons. The molecule has 0 spiro atoms. The molecule has 0 radical (unpaired) electrons. The number of aliphatic carboxylic acids is 1. The molecule has 0 saturated heterocycles. The first-order valence-corrected chi connectivity index (χ1v) is 6.72. The molecule has 2 rings (SSSR count). The fraction of sp³-hybridized carbons (Fsp3) is 0.286. The molecule has 1 heterocycles. The quantitative estimate of drug-likeness (QED) is 0.912. The summed E-state index contributed by atoms with van der Waals surface area (Å²) in [6.45, 7) is 4.39. The van der Waals surface area contributed by atoms with Gasteiger partial charge in [-0.2, -0.15) is 0 Å².